The van der Waals surface area contributed by atoms with Gasteiger partial charge in [-0.1, -0.05) is 30.8 Å². The average molecular weight is 481 g/mol. The number of hydrogen-bond acceptors (Lipinski definition) is 7. The summed E-state index contributed by atoms with van der Waals surface area (Å²) in [6.45, 7) is 3.42. The smallest absolute Gasteiger partial charge is 0.274 e. The Balaban J connectivity index is 1.45. The van der Waals surface area contributed by atoms with Gasteiger partial charge in [-0.2, -0.15) is 5.10 Å². The van der Waals surface area contributed by atoms with Crippen LogP contribution in [0.4, 0.5) is 17.1 Å². The second-order valence-corrected chi connectivity index (χ2v) is 7.65. The molecule has 4 rings (SSSR count). The molecule has 10 heteroatoms. The molecule has 0 spiro atoms. The number of carbonyl (C=O) groups is 2. The van der Waals surface area contributed by atoms with E-state index in [1.54, 1.807) is 85.2 Å². The highest BCUT2D eigenvalue weighted by Crippen LogP contribution is 2.21. The van der Waals surface area contributed by atoms with Crippen molar-refractivity contribution in [3.8, 4) is 11.4 Å². The van der Waals surface area contributed by atoms with Gasteiger partial charge in [-0.25, -0.2) is 10.8 Å². The summed E-state index contributed by atoms with van der Waals surface area (Å²) in [6.07, 6.45) is 4.38. The summed E-state index contributed by atoms with van der Waals surface area (Å²) in [5, 5.41) is 13.6. The Morgan fingerprint density at radius 1 is 0.972 bits per heavy atom. The van der Waals surface area contributed by atoms with Crippen LogP contribution < -0.4 is 27.2 Å². The van der Waals surface area contributed by atoms with E-state index in [0.717, 1.165) is 5.56 Å². The van der Waals surface area contributed by atoms with Crippen LogP contribution in [0.15, 0.2) is 97.8 Å². The van der Waals surface area contributed by atoms with Crippen molar-refractivity contribution in [1.29, 1.82) is 0 Å². The van der Waals surface area contributed by atoms with Crippen LogP contribution in [-0.4, -0.2) is 27.0 Å². The number of H-pyrrole nitrogens is 1. The quantitative estimate of drug-likeness (QED) is 0.147. The third kappa shape index (κ3) is 5.82. The van der Waals surface area contributed by atoms with E-state index in [1.165, 1.54) is 11.1 Å². The first-order valence-electron chi connectivity index (χ1n) is 10.9. The highest BCUT2D eigenvalue weighted by atomic mass is 16.2. The highest BCUT2D eigenvalue weighted by Gasteiger charge is 2.11. The largest absolute Gasteiger partial charge is 0.397 e. The zero-order chi connectivity index (χ0) is 25.5. The predicted molar refractivity (Wildman–Crippen MR) is 140 cm³/mol. The van der Waals surface area contributed by atoms with Gasteiger partial charge < -0.3 is 16.4 Å². The van der Waals surface area contributed by atoms with E-state index in [1.807, 2.05) is 0 Å². The summed E-state index contributed by atoms with van der Waals surface area (Å²) in [4.78, 5) is 28.6. The normalized spacial score (nSPS) is 11.0. The van der Waals surface area contributed by atoms with Gasteiger partial charge in [0.15, 0.2) is 0 Å². The molecule has 0 fully saturated rings. The zero-order valence-corrected chi connectivity index (χ0v) is 19.2. The van der Waals surface area contributed by atoms with E-state index < -0.39 is 0 Å². The second kappa shape index (κ2) is 10.8. The van der Waals surface area contributed by atoms with Crippen LogP contribution in [0, 0.1) is 0 Å². The van der Waals surface area contributed by atoms with Crippen LogP contribution in [0.3, 0.4) is 0 Å². The number of anilines is 3. The van der Waals surface area contributed by atoms with Gasteiger partial charge in [0.05, 0.1) is 22.8 Å². The van der Waals surface area contributed by atoms with E-state index in [-0.39, 0.29) is 17.5 Å². The molecule has 0 bridgehead atoms. The van der Waals surface area contributed by atoms with E-state index in [0.29, 0.717) is 34.1 Å². The first-order chi connectivity index (χ1) is 17.4. The molecule has 36 heavy (non-hydrogen) atoms. The van der Waals surface area contributed by atoms with Gasteiger partial charge in [-0.05, 0) is 60.2 Å². The van der Waals surface area contributed by atoms with Gasteiger partial charge in [-0.15, -0.1) is 0 Å². The number of nitrogens with zero attached hydrogens (tertiary/aromatic N) is 3. The van der Waals surface area contributed by atoms with Crippen LogP contribution in [0.5, 0.6) is 0 Å². The predicted octanol–water partition coefficient (Wildman–Crippen LogP) is 3.49. The fourth-order valence-corrected chi connectivity index (χ4v) is 3.29. The van der Waals surface area contributed by atoms with Crippen molar-refractivity contribution in [2.75, 3.05) is 15.6 Å². The number of nitrogens with one attached hydrogen (secondary N) is 3. The Labute approximate surface area is 207 Å². The minimum Gasteiger partial charge on any atom is -0.397 e. The lowest BCUT2D eigenvalue weighted by molar-refractivity contribution is -0.111. The van der Waals surface area contributed by atoms with Gasteiger partial charge in [0.25, 0.3) is 5.91 Å². The molecule has 2 aromatic heterocycles. The molecule has 10 nitrogen and oxygen atoms in total. The molecule has 4 aromatic rings. The Morgan fingerprint density at radius 3 is 2.47 bits per heavy atom. The van der Waals surface area contributed by atoms with Gasteiger partial charge in [0.2, 0.25) is 5.91 Å². The van der Waals surface area contributed by atoms with Gasteiger partial charge in [-0.3, -0.25) is 19.7 Å². The third-order valence-electron chi connectivity index (χ3n) is 5.11. The van der Waals surface area contributed by atoms with Crippen LogP contribution in [0.2, 0.25) is 0 Å². The molecule has 0 aliphatic carbocycles. The minimum absolute atomic E-state index is 0.258. The molecule has 0 aliphatic heterocycles. The Morgan fingerprint density at radius 2 is 1.75 bits per heavy atom. The van der Waals surface area contributed by atoms with Crippen molar-refractivity contribution in [2.24, 2.45) is 11.6 Å². The molecular weight excluding hydrogens is 456 g/mol. The summed E-state index contributed by atoms with van der Waals surface area (Å²) in [7, 11) is 0. The highest BCUT2D eigenvalue weighted by molar-refractivity contribution is 6.03. The van der Waals surface area contributed by atoms with Gasteiger partial charge in [0, 0.05) is 23.8 Å². The first-order valence-corrected chi connectivity index (χ1v) is 10.9. The minimum atomic E-state index is -0.365. The molecule has 0 atom stereocenters. The van der Waals surface area contributed by atoms with Crippen LogP contribution in [0.25, 0.3) is 17.1 Å². The van der Waals surface area contributed by atoms with Crippen molar-refractivity contribution in [1.82, 2.24) is 15.2 Å². The fraction of sp³-hybridized carbons (Fsp3) is 0. The van der Waals surface area contributed by atoms with Crippen molar-refractivity contribution in [3.05, 3.63) is 109 Å². The monoisotopic (exact) mass is 480 g/mol. The maximum atomic E-state index is 12.8. The van der Waals surface area contributed by atoms with E-state index >= 15 is 0 Å². The van der Waals surface area contributed by atoms with Crippen molar-refractivity contribution < 1.29 is 9.59 Å². The summed E-state index contributed by atoms with van der Waals surface area (Å²) in [5.74, 6) is 5.54. The molecule has 180 valence electrons. The number of pyridine rings is 1. The Bertz CT molecular complexity index is 1410. The van der Waals surface area contributed by atoms with Crippen LogP contribution in [-0.2, 0) is 4.79 Å². The van der Waals surface area contributed by atoms with Crippen LogP contribution in [0.1, 0.15) is 16.1 Å². The number of aromatic nitrogens is 3. The summed E-state index contributed by atoms with van der Waals surface area (Å²) < 4.78 is 0. The second-order valence-electron chi connectivity index (χ2n) is 7.65. The number of hydrogen-bond donors (Lipinski definition) is 5. The van der Waals surface area contributed by atoms with E-state index in [2.05, 4.69) is 32.4 Å². The summed E-state index contributed by atoms with van der Waals surface area (Å²) in [5.41, 5.74) is 10.7. The van der Waals surface area contributed by atoms with Crippen molar-refractivity contribution >= 4 is 34.6 Å². The topological polar surface area (TPSA) is 155 Å². The molecule has 0 saturated heterocycles. The van der Waals surface area contributed by atoms with E-state index in [4.69, 9.17) is 11.6 Å². The van der Waals surface area contributed by atoms with Crippen LogP contribution >= 0.6 is 0 Å². The summed E-state index contributed by atoms with van der Waals surface area (Å²) in [6, 6.07) is 20.9. The number of nitrogens with two attached hydrogens (primary N) is 2. The van der Waals surface area contributed by atoms with Gasteiger partial charge in [0.1, 0.15) is 5.69 Å². The molecule has 0 saturated carbocycles. The maximum Gasteiger partial charge on any atom is 0.274 e. The molecule has 0 aliphatic rings. The summed E-state index contributed by atoms with van der Waals surface area (Å²) >= 11 is 0. The molecule has 2 aromatic carbocycles. The zero-order valence-electron chi connectivity index (χ0n) is 19.2. The molecule has 2 heterocycles. The number of aromatic amines is 1. The third-order valence-corrected chi connectivity index (χ3v) is 5.11. The number of amides is 2. The molecule has 0 unspecified atom stereocenters. The van der Waals surface area contributed by atoms with Gasteiger partial charge >= 0.3 is 0 Å². The lowest BCUT2D eigenvalue weighted by Crippen LogP contribution is -2.26. The number of benzene rings is 2. The number of carbonyl (C=O) groups excluding carboxylic acids is 2. The Kier molecular flexibility index (Phi) is 7.18. The van der Waals surface area contributed by atoms with Crippen molar-refractivity contribution in [2.45, 2.75) is 0 Å². The molecular formula is C26H24N8O2. The maximum absolute atomic E-state index is 12.8. The Hall–Kier alpha value is -5.22. The SMILES string of the molecule is C=CC(=O)Nc1ccc(/C(N)=C/N(N)c2cccc(NC(=O)c3cccc(-c4ccn[nH]4)n3)c2)cc1. The lowest BCUT2D eigenvalue weighted by Gasteiger charge is -2.17. The van der Waals surface area contributed by atoms with E-state index in [9.17, 15) is 9.59 Å². The fourth-order valence-electron chi connectivity index (χ4n) is 3.29. The molecule has 0 radical (unpaired) electrons. The van der Waals surface area contributed by atoms with Crippen molar-refractivity contribution in [3.63, 3.8) is 0 Å². The molecule has 2 amide bonds. The standard InChI is InChI=1S/C26H24N8O2/c1-2-25(35)30-18-11-9-17(10-12-18)21(27)16-34(28)20-6-3-5-19(15-20)31-26(36)24-8-4-7-22(32-24)23-13-14-29-33-23/h2-16H,1,27-28H2,(H,29,33)(H,30,35)(H,31,36)/b21-16-. The molecule has 7 N–H and O–H groups in total. The number of hydrazine groups is 1. The average Bonchev–Trinajstić information content (AvgIpc) is 3.44. The lowest BCUT2D eigenvalue weighted by atomic mass is 10.1. The first kappa shape index (κ1) is 23.9. The number of rotatable bonds is 8.